The Labute approximate surface area is 106 Å². The van der Waals surface area contributed by atoms with Crippen LogP contribution in [0.5, 0.6) is 5.75 Å². The van der Waals surface area contributed by atoms with Crippen molar-refractivity contribution in [1.82, 2.24) is 0 Å². The molecule has 0 aromatic heterocycles. The predicted octanol–water partition coefficient (Wildman–Crippen LogP) is 3.59. The zero-order valence-corrected chi connectivity index (χ0v) is 10.5. The van der Waals surface area contributed by atoms with Gasteiger partial charge in [0, 0.05) is 11.6 Å². The van der Waals surface area contributed by atoms with Gasteiger partial charge in [-0.05, 0) is 30.2 Å². The number of allylic oxidation sites excluding steroid dienone is 1. The molecule has 1 aliphatic heterocycles. The third kappa shape index (κ3) is 1.96. The molecular weight excluding hydrogens is 236 g/mol. The molecule has 3 nitrogen and oxygen atoms in total. The van der Waals surface area contributed by atoms with Gasteiger partial charge in [-0.3, -0.25) is 0 Å². The van der Waals surface area contributed by atoms with Crippen molar-refractivity contribution in [2.45, 2.75) is 19.3 Å². The van der Waals surface area contributed by atoms with Gasteiger partial charge < -0.3 is 10.1 Å². The summed E-state index contributed by atoms with van der Waals surface area (Å²) in [6.07, 6.45) is 0.834. The quantitative estimate of drug-likeness (QED) is 0.814. The van der Waals surface area contributed by atoms with Crippen molar-refractivity contribution in [3.05, 3.63) is 34.5 Å². The van der Waals surface area contributed by atoms with Gasteiger partial charge in [0.15, 0.2) is 0 Å². The fourth-order valence-corrected chi connectivity index (χ4v) is 2.39. The van der Waals surface area contributed by atoms with Crippen molar-refractivity contribution in [1.29, 1.82) is 5.26 Å². The molecule has 0 saturated heterocycles. The molecule has 0 fully saturated rings. The molecule has 1 N–H and O–H groups in total. The van der Waals surface area contributed by atoms with Gasteiger partial charge in [0.05, 0.1) is 18.8 Å². The molecule has 1 atom stereocenters. The SMILES string of the molecule is CCC1C(C#N)=C(Cl)Nc2ccc(OC)cc21. The fourth-order valence-electron chi connectivity index (χ4n) is 2.11. The van der Waals surface area contributed by atoms with E-state index in [0.29, 0.717) is 10.7 Å². The first kappa shape index (κ1) is 11.8. The molecule has 1 heterocycles. The van der Waals surface area contributed by atoms with Crippen LogP contribution in [-0.2, 0) is 0 Å². The van der Waals surface area contributed by atoms with Gasteiger partial charge in [0.25, 0.3) is 0 Å². The molecule has 0 amide bonds. The molecule has 0 saturated carbocycles. The Kier molecular flexibility index (Phi) is 3.26. The lowest BCUT2D eigenvalue weighted by Crippen LogP contribution is -2.14. The van der Waals surface area contributed by atoms with Crippen LogP contribution >= 0.6 is 11.6 Å². The second kappa shape index (κ2) is 4.68. The maximum atomic E-state index is 9.15. The number of nitrogens with zero attached hydrogens (tertiary/aromatic N) is 1. The first-order chi connectivity index (χ1) is 8.21. The van der Waals surface area contributed by atoms with Crippen molar-refractivity contribution in [2.24, 2.45) is 0 Å². The van der Waals surface area contributed by atoms with Gasteiger partial charge >= 0.3 is 0 Å². The van der Waals surface area contributed by atoms with Crippen molar-refractivity contribution < 1.29 is 4.74 Å². The monoisotopic (exact) mass is 248 g/mol. The van der Waals surface area contributed by atoms with Crippen LogP contribution in [-0.4, -0.2) is 7.11 Å². The molecule has 1 aliphatic rings. The van der Waals surface area contributed by atoms with Crippen LogP contribution in [0.1, 0.15) is 24.8 Å². The second-order valence-corrected chi connectivity index (χ2v) is 4.26. The van der Waals surface area contributed by atoms with E-state index >= 15 is 0 Å². The number of ether oxygens (including phenoxy) is 1. The fraction of sp³-hybridized carbons (Fsp3) is 0.308. The molecule has 1 unspecified atom stereocenters. The van der Waals surface area contributed by atoms with Gasteiger partial charge in [0.2, 0.25) is 0 Å². The minimum atomic E-state index is 0.0406. The van der Waals surface area contributed by atoms with E-state index in [9.17, 15) is 0 Å². The van der Waals surface area contributed by atoms with E-state index in [0.717, 1.165) is 23.4 Å². The number of methoxy groups -OCH3 is 1. The average molecular weight is 249 g/mol. The smallest absolute Gasteiger partial charge is 0.121 e. The highest BCUT2D eigenvalue weighted by Crippen LogP contribution is 2.41. The van der Waals surface area contributed by atoms with Crippen LogP contribution in [0.2, 0.25) is 0 Å². The average Bonchev–Trinajstić information content (AvgIpc) is 2.36. The Bertz CT molecular complexity index is 517. The number of fused-ring (bicyclic) bond motifs is 1. The predicted molar refractivity (Wildman–Crippen MR) is 68.1 cm³/mol. The molecule has 1 aromatic carbocycles. The maximum Gasteiger partial charge on any atom is 0.121 e. The Balaban J connectivity index is 2.54. The number of nitriles is 1. The van der Waals surface area contributed by atoms with E-state index in [1.165, 1.54) is 0 Å². The Morgan fingerprint density at radius 1 is 1.53 bits per heavy atom. The summed E-state index contributed by atoms with van der Waals surface area (Å²) in [5.74, 6) is 0.832. The Hall–Kier alpha value is -1.66. The molecule has 2 rings (SSSR count). The minimum Gasteiger partial charge on any atom is -0.497 e. The summed E-state index contributed by atoms with van der Waals surface area (Å²) >= 11 is 6.07. The van der Waals surface area contributed by atoms with Crippen molar-refractivity contribution in [3.63, 3.8) is 0 Å². The van der Waals surface area contributed by atoms with E-state index in [4.69, 9.17) is 21.6 Å². The summed E-state index contributed by atoms with van der Waals surface area (Å²) < 4.78 is 5.21. The molecule has 0 radical (unpaired) electrons. The first-order valence-corrected chi connectivity index (χ1v) is 5.83. The summed E-state index contributed by atoms with van der Waals surface area (Å²) in [6.45, 7) is 2.04. The minimum absolute atomic E-state index is 0.0406. The van der Waals surface area contributed by atoms with Crippen molar-refractivity contribution in [2.75, 3.05) is 12.4 Å². The number of nitrogens with one attached hydrogen (secondary N) is 1. The summed E-state index contributed by atoms with van der Waals surface area (Å²) in [7, 11) is 1.63. The zero-order valence-electron chi connectivity index (χ0n) is 9.75. The van der Waals surface area contributed by atoms with Gasteiger partial charge in [-0.25, -0.2) is 0 Å². The lowest BCUT2D eigenvalue weighted by Gasteiger charge is -2.26. The van der Waals surface area contributed by atoms with Crippen molar-refractivity contribution >= 4 is 17.3 Å². The van der Waals surface area contributed by atoms with Crippen LogP contribution in [0.25, 0.3) is 0 Å². The molecule has 17 heavy (non-hydrogen) atoms. The highest BCUT2D eigenvalue weighted by Gasteiger charge is 2.26. The van der Waals surface area contributed by atoms with Crippen LogP contribution in [0.4, 0.5) is 5.69 Å². The number of benzene rings is 1. The van der Waals surface area contributed by atoms with Gasteiger partial charge in [-0.1, -0.05) is 18.5 Å². The zero-order chi connectivity index (χ0) is 12.4. The Morgan fingerprint density at radius 2 is 2.29 bits per heavy atom. The lowest BCUT2D eigenvalue weighted by molar-refractivity contribution is 0.414. The second-order valence-electron chi connectivity index (χ2n) is 3.88. The molecular formula is C13H13ClN2O. The van der Waals surface area contributed by atoms with Gasteiger partial charge in [-0.15, -0.1) is 0 Å². The number of anilines is 1. The molecule has 0 aliphatic carbocycles. The standard InChI is InChI=1S/C13H13ClN2O/c1-3-9-10-6-8(17-2)4-5-12(10)16-13(14)11(9)7-15/h4-6,9,16H,3H2,1-2H3. The topological polar surface area (TPSA) is 45.0 Å². The molecule has 88 valence electrons. The largest absolute Gasteiger partial charge is 0.497 e. The summed E-state index contributed by atoms with van der Waals surface area (Å²) in [5.41, 5.74) is 2.60. The molecule has 0 bridgehead atoms. The van der Waals surface area contributed by atoms with E-state index in [-0.39, 0.29) is 5.92 Å². The highest BCUT2D eigenvalue weighted by atomic mass is 35.5. The van der Waals surface area contributed by atoms with Crippen LogP contribution in [0, 0.1) is 11.3 Å². The normalized spacial score (nSPS) is 18.1. The third-order valence-electron chi connectivity index (χ3n) is 2.99. The third-order valence-corrected chi connectivity index (χ3v) is 3.29. The number of hydrogen-bond donors (Lipinski definition) is 1. The number of rotatable bonds is 2. The summed E-state index contributed by atoms with van der Waals surface area (Å²) in [5, 5.41) is 12.6. The number of halogens is 1. The lowest BCUT2D eigenvalue weighted by atomic mass is 9.86. The number of hydrogen-bond acceptors (Lipinski definition) is 3. The van der Waals surface area contributed by atoms with E-state index in [1.807, 2.05) is 25.1 Å². The van der Waals surface area contributed by atoms with E-state index < -0.39 is 0 Å². The van der Waals surface area contributed by atoms with Crippen LogP contribution < -0.4 is 10.1 Å². The van der Waals surface area contributed by atoms with Crippen molar-refractivity contribution in [3.8, 4) is 11.8 Å². The summed E-state index contributed by atoms with van der Waals surface area (Å²) in [4.78, 5) is 0. The highest BCUT2D eigenvalue weighted by molar-refractivity contribution is 6.32. The first-order valence-electron chi connectivity index (χ1n) is 5.46. The Morgan fingerprint density at radius 3 is 2.88 bits per heavy atom. The van der Waals surface area contributed by atoms with Crippen LogP contribution in [0.15, 0.2) is 28.9 Å². The van der Waals surface area contributed by atoms with E-state index in [1.54, 1.807) is 7.11 Å². The van der Waals surface area contributed by atoms with Gasteiger partial charge in [0.1, 0.15) is 10.9 Å². The molecule has 1 aromatic rings. The molecule has 0 spiro atoms. The summed E-state index contributed by atoms with van der Waals surface area (Å²) in [6, 6.07) is 7.93. The van der Waals surface area contributed by atoms with Gasteiger partial charge in [-0.2, -0.15) is 5.26 Å². The maximum absolute atomic E-state index is 9.15. The van der Waals surface area contributed by atoms with Crippen LogP contribution in [0.3, 0.4) is 0 Å². The van der Waals surface area contributed by atoms with E-state index in [2.05, 4.69) is 11.4 Å². The molecule has 4 heteroatoms.